The normalized spacial score (nSPS) is 11.6. The minimum absolute atomic E-state index is 0.897. The van der Waals surface area contributed by atoms with Crippen LogP contribution >= 0.6 is 0 Å². The summed E-state index contributed by atoms with van der Waals surface area (Å²) < 4.78 is 6.28. The van der Waals surface area contributed by atoms with Crippen LogP contribution in [0.5, 0.6) is 0 Å². The third kappa shape index (κ3) is 6.42. The summed E-state index contributed by atoms with van der Waals surface area (Å²) in [6.07, 6.45) is 0. The quantitative estimate of drug-likeness (QED) is 0.149. The van der Waals surface area contributed by atoms with Gasteiger partial charge in [0.1, 0.15) is 11.2 Å². The lowest BCUT2D eigenvalue weighted by atomic mass is 9.92. The van der Waals surface area contributed by atoms with Crippen molar-refractivity contribution in [1.29, 1.82) is 0 Å². The molecular weight excluding hydrogens is 799 g/mol. The number of rotatable bonds is 7. The van der Waals surface area contributed by atoms with Crippen LogP contribution in [-0.2, 0) is 0 Å². The highest BCUT2D eigenvalue weighted by atomic mass is 16.3. The van der Waals surface area contributed by atoms with E-state index in [0.29, 0.717) is 0 Å². The van der Waals surface area contributed by atoms with Gasteiger partial charge in [-0.3, -0.25) is 0 Å². The molecule has 1 aromatic heterocycles. The van der Waals surface area contributed by atoms with Crippen LogP contribution in [0.2, 0.25) is 0 Å². The molecular formula is C64H41NO. The van der Waals surface area contributed by atoms with Gasteiger partial charge in [-0.2, -0.15) is 0 Å². The fourth-order valence-corrected chi connectivity index (χ4v) is 10.2. The molecule has 0 N–H and O–H groups in total. The van der Waals surface area contributed by atoms with E-state index in [1.54, 1.807) is 0 Å². The van der Waals surface area contributed by atoms with Gasteiger partial charge in [-0.25, -0.2) is 0 Å². The highest BCUT2D eigenvalue weighted by Gasteiger charge is 2.17. The van der Waals surface area contributed by atoms with E-state index in [2.05, 4.69) is 241 Å². The summed E-state index contributed by atoms with van der Waals surface area (Å²) in [5.41, 5.74) is 14.4. The van der Waals surface area contributed by atoms with Crippen LogP contribution in [0.4, 0.5) is 17.1 Å². The molecule has 2 nitrogen and oxygen atoms in total. The fraction of sp³-hybridized carbons (Fsp3) is 0. The van der Waals surface area contributed by atoms with Crippen LogP contribution in [-0.4, -0.2) is 0 Å². The van der Waals surface area contributed by atoms with Crippen LogP contribution in [0.25, 0.3) is 110 Å². The Morgan fingerprint density at radius 3 is 1.38 bits per heavy atom. The summed E-state index contributed by atoms with van der Waals surface area (Å²) in [6, 6.07) is 90.3. The number of anilines is 3. The molecule has 2 heteroatoms. The second kappa shape index (κ2) is 15.5. The number of fused-ring (bicyclic) bond motifs is 10. The number of benzene rings is 12. The molecule has 0 aliphatic heterocycles. The first-order valence-corrected chi connectivity index (χ1v) is 22.6. The molecule has 0 unspecified atom stereocenters. The highest BCUT2D eigenvalue weighted by molar-refractivity contribution is 6.25. The molecule has 0 radical (unpaired) electrons. The summed E-state index contributed by atoms with van der Waals surface area (Å²) in [7, 11) is 0. The van der Waals surface area contributed by atoms with Gasteiger partial charge < -0.3 is 9.32 Å². The minimum atomic E-state index is 0.897. The summed E-state index contributed by atoms with van der Waals surface area (Å²) in [5, 5.41) is 12.5. The Bertz CT molecular complexity index is 3950. The second-order valence-electron chi connectivity index (χ2n) is 17.2. The molecule has 12 aromatic carbocycles. The summed E-state index contributed by atoms with van der Waals surface area (Å²) in [4.78, 5) is 2.37. The van der Waals surface area contributed by atoms with Crippen molar-refractivity contribution >= 4 is 82.1 Å². The van der Waals surface area contributed by atoms with E-state index < -0.39 is 0 Å². The zero-order chi connectivity index (χ0) is 43.6. The molecule has 0 bridgehead atoms. The van der Waals surface area contributed by atoms with E-state index >= 15 is 0 Å². The van der Waals surface area contributed by atoms with Crippen molar-refractivity contribution in [2.45, 2.75) is 0 Å². The number of hydrogen-bond donors (Lipinski definition) is 0. The van der Waals surface area contributed by atoms with Crippen molar-refractivity contribution in [1.82, 2.24) is 0 Å². The Kier molecular flexibility index (Phi) is 8.89. The van der Waals surface area contributed by atoms with Crippen molar-refractivity contribution in [2.24, 2.45) is 0 Å². The molecule has 66 heavy (non-hydrogen) atoms. The van der Waals surface area contributed by atoms with Gasteiger partial charge in [-0.05, 0) is 154 Å². The number of hydrogen-bond acceptors (Lipinski definition) is 2. The van der Waals surface area contributed by atoms with Gasteiger partial charge in [-0.1, -0.05) is 182 Å². The average Bonchev–Trinajstić information content (AvgIpc) is 3.77. The van der Waals surface area contributed by atoms with E-state index in [1.807, 2.05) is 12.1 Å². The van der Waals surface area contributed by atoms with Crippen molar-refractivity contribution in [2.75, 3.05) is 4.90 Å². The predicted octanol–water partition coefficient (Wildman–Crippen LogP) is 18.3. The van der Waals surface area contributed by atoms with Crippen molar-refractivity contribution < 1.29 is 4.42 Å². The smallest absolute Gasteiger partial charge is 0.136 e. The Labute approximate surface area is 382 Å². The molecule has 0 aliphatic rings. The molecule has 0 atom stereocenters. The van der Waals surface area contributed by atoms with Crippen LogP contribution in [0.3, 0.4) is 0 Å². The third-order valence-corrected chi connectivity index (χ3v) is 13.4. The first-order valence-electron chi connectivity index (χ1n) is 22.6. The monoisotopic (exact) mass is 839 g/mol. The van der Waals surface area contributed by atoms with Crippen LogP contribution in [0.1, 0.15) is 0 Å². The van der Waals surface area contributed by atoms with Gasteiger partial charge in [0.05, 0.1) is 0 Å². The summed E-state index contributed by atoms with van der Waals surface area (Å²) >= 11 is 0. The molecule has 13 rings (SSSR count). The van der Waals surface area contributed by atoms with E-state index in [9.17, 15) is 0 Å². The number of para-hydroxylation sites is 1. The lowest BCUT2D eigenvalue weighted by molar-refractivity contribution is 0.669. The standard InChI is InChI=1S/C64H41NO/c1-2-18-53-44(12-1)13-11-24-54(53)49-16-9-14-45(38-49)46-15-10-17-52(39-46)65(51-34-28-43(29-35-51)48-31-37-61-60-23-7-8-25-63(60)66-64(61)41-48)50-32-26-42(27-33-50)47-30-36-59-57-21-4-3-19-55(57)56-20-5-6-22-58(56)62(59)40-47/h1-41H. The number of nitrogens with zero attached hydrogens (tertiary/aromatic N) is 1. The van der Waals surface area contributed by atoms with Crippen LogP contribution < -0.4 is 4.90 Å². The molecule has 0 fully saturated rings. The first kappa shape index (κ1) is 37.8. The number of furan rings is 1. The Morgan fingerprint density at radius 2 is 0.682 bits per heavy atom. The van der Waals surface area contributed by atoms with E-state index in [1.165, 1.54) is 70.9 Å². The Morgan fingerprint density at radius 1 is 0.227 bits per heavy atom. The van der Waals surface area contributed by atoms with Gasteiger partial charge in [0.2, 0.25) is 0 Å². The zero-order valence-electron chi connectivity index (χ0n) is 36.0. The van der Waals surface area contributed by atoms with Gasteiger partial charge >= 0.3 is 0 Å². The fourth-order valence-electron chi connectivity index (χ4n) is 10.2. The molecule has 0 saturated carbocycles. The SMILES string of the molecule is c1cc(-c2cccc(N(c3ccc(-c4ccc5c(c4)oc4ccccc45)cc3)c3ccc(-c4ccc5c6ccccc6c6ccccc6c5c4)cc3)c2)cc(-c2cccc3ccccc23)c1. The van der Waals surface area contributed by atoms with Crippen molar-refractivity contribution in [3.8, 4) is 44.5 Å². The van der Waals surface area contributed by atoms with Crippen LogP contribution in [0, 0.1) is 0 Å². The van der Waals surface area contributed by atoms with Crippen LogP contribution in [0.15, 0.2) is 253 Å². The third-order valence-electron chi connectivity index (χ3n) is 13.4. The summed E-state index contributed by atoms with van der Waals surface area (Å²) in [5.74, 6) is 0. The topological polar surface area (TPSA) is 16.4 Å². The largest absolute Gasteiger partial charge is 0.456 e. The zero-order valence-corrected chi connectivity index (χ0v) is 36.0. The van der Waals surface area contributed by atoms with E-state index in [0.717, 1.165) is 55.7 Å². The minimum Gasteiger partial charge on any atom is -0.456 e. The van der Waals surface area contributed by atoms with E-state index in [-0.39, 0.29) is 0 Å². The average molecular weight is 840 g/mol. The summed E-state index contributed by atoms with van der Waals surface area (Å²) in [6.45, 7) is 0. The molecule has 308 valence electrons. The predicted molar refractivity (Wildman–Crippen MR) is 280 cm³/mol. The maximum Gasteiger partial charge on any atom is 0.136 e. The lowest BCUT2D eigenvalue weighted by Crippen LogP contribution is -2.10. The lowest BCUT2D eigenvalue weighted by Gasteiger charge is -2.26. The Balaban J connectivity index is 0.902. The van der Waals surface area contributed by atoms with Crippen molar-refractivity contribution in [3.05, 3.63) is 249 Å². The van der Waals surface area contributed by atoms with Gasteiger partial charge in [0, 0.05) is 27.8 Å². The maximum absolute atomic E-state index is 6.28. The van der Waals surface area contributed by atoms with Gasteiger partial charge in [0.25, 0.3) is 0 Å². The highest BCUT2D eigenvalue weighted by Crippen LogP contribution is 2.42. The Hall–Kier alpha value is -8.72. The maximum atomic E-state index is 6.28. The molecule has 0 amide bonds. The molecule has 13 aromatic rings. The van der Waals surface area contributed by atoms with Crippen molar-refractivity contribution in [3.63, 3.8) is 0 Å². The second-order valence-corrected chi connectivity index (χ2v) is 17.2. The van der Waals surface area contributed by atoms with Gasteiger partial charge in [0.15, 0.2) is 0 Å². The van der Waals surface area contributed by atoms with E-state index in [4.69, 9.17) is 4.42 Å². The van der Waals surface area contributed by atoms with Gasteiger partial charge in [-0.15, -0.1) is 0 Å². The molecule has 0 spiro atoms. The molecule has 1 heterocycles. The first-order chi connectivity index (χ1) is 32.7. The molecule has 0 aliphatic carbocycles. The molecule has 0 saturated heterocycles.